The third kappa shape index (κ3) is 2.31. The third-order valence-electron chi connectivity index (χ3n) is 4.95. The summed E-state index contributed by atoms with van der Waals surface area (Å²) in [5.41, 5.74) is 6.33. The number of nitrogens with one attached hydrogen (secondary N) is 2. The Labute approximate surface area is 149 Å². The molecule has 1 saturated carbocycles. The van der Waals surface area contributed by atoms with Gasteiger partial charge in [-0.2, -0.15) is 10.2 Å². The van der Waals surface area contributed by atoms with Crippen LogP contribution in [0.25, 0.3) is 16.7 Å². The van der Waals surface area contributed by atoms with Gasteiger partial charge in [-0.1, -0.05) is 0 Å². The molecule has 9 heteroatoms. The maximum Gasteiger partial charge on any atom is 0.247 e. The van der Waals surface area contributed by atoms with Gasteiger partial charge in [-0.15, -0.1) is 5.10 Å². The van der Waals surface area contributed by atoms with Crippen molar-refractivity contribution in [1.29, 1.82) is 0 Å². The van der Waals surface area contributed by atoms with Crippen LogP contribution in [0.2, 0.25) is 0 Å². The molecular formula is C17H18N8O. The molecule has 3 aromatic rings. The second-order valence-corrected chi connectivity index (χ2v) is 6.52. The van der Waals surface area contributed by atoms with Crippen LogP contribution >= 0.6 is 0 Å². The molecular weight excluding hydrogens is 332 g/mol. The number of fused-ring (bicyclic) bond motifs is 1. The zero-order valence-corrected chi connectivity index (χ0v) is 14.3. The summed E-state index contributed by atoms with van der Waals surface area (Å²) in [6.07, 6.45) is 12.2. The molecule has 1 fully saturated rings. The molecule has 0 atom stereocenters. The van der Waals surface area contributed by atoms with Crippen LogP contribution in [-0.2, 0) is 11.4 Å². The minimum absolute atomic E-state index is 0.181. The fourth-order valence-electron chi connectivity index (χ4n) is 3.40. The van der Waals surface area contributed by atoms with Gasteiger partial charge < -0.3 is 5.32 Å². The highest BCUT2D eigenvalue weighted by molar-refractivity contribution is 5.97. The van der Waals surface area contributed by atoms with Crippen LogP contribution in [0.5, 0.6) is 0 Å². The average Bonchev–Trinajstić information content (AvgIpc) is 3.27. The monoisotopic (exact) mass is 350 g/mol. The summed E-state index contributed by atoms with van der Waals surface area (Å²) in [7, 11) is 0. The molecule has 0 aromatic carbocycles. The minimum Gasteiger partial charge on any atom is -0.321 e. The highest BCUT2D eigenvalue weighted by Crippen LogP contribution is 2.43. The molecule has 1 aliphatic heterocycles. The lowest BCUT2D eigenvalue weighted by Gasteiger charge is -2.33. The quantitative estimate of drug-likeness (QED) is 0.738. The van der Waals surface area contributed by atoms with E-state index in [4.69, 9.17) is 4.84 Å². The number of aryl methyl sites for hydroxylation is 1. The van der Waals surface area contributed by atoms with Crippen molar-refractivity contribution in [3.63, 3.8) is 0 Å². The predicted molar refractivity (Wildman–Crippen MR) is 95.1 cm³/mol. The number of nitrogens with zero attached hydrogens (tertiary/aromatic N) is 6. The molecule has 4 heterocycles. The van der Waals surface area contributed by atoms with E-state index in [0.717, 1.165) is 47.4 Å². The van der Waals surface area contributed by atoms with E-state index in [0.29, 0.717) is 5.95 Å². The summed E-state index contributed by atoms with van der Waals surface area (Å²) >= 11 is 0. The molecule has 1 aliphatic carbocycles. The van der Waals surface area contributed by atoms with Crippen molar-refractivity contribution in [3.05, 3.63) is 36.4 Å². The molecule has 0 radical (unpaired) electrons. The van der Waals surface area contributed by atoms with Gasteiger partial charge in [0.25, 0.3) is 0 Å². The highest BCUT2D eigenvalue weighted by atomic mass is 16.7. The summed E-state index contributed by atoms with van der Waals surface area (Å²) in [4.78, 5) is 14.7. The first-order valence-corrected chi connectivity index (χ1v) is 8.70. The van der Waals surface area contributed by atoms with Gasteiger partial charge in [0, 0.05) is 18.3 Å². The molecule has 0 amide bonds. The topological polar surface area (TPSA) is 103 Å². The van der Waals surface area contributed by atoms with Crippen molar-refractivity contribution in [2.24, 2.45) is 0 Å². The van der Waals surface area contributed by atoms with Crippen molar-refractivity contribution in [3.8, 4) is 0 Å². The molecule has 2 N–H and O–H groups in total. The van der Waals surface area contributed by atoms with Crippen molar-refractivity contribution < 1.29 is 4.84 Å². The van der Waals surface area contributed by atoms with Crippen LogP contribution in [0.15, 0.2) is 30.9 Å². The van der Waals surface area contributed by atoms with Gasteiger partial charge in [0.05, 0.1) is 35.4 Å². The summed E-state index contributed by atoms with van der Waals surface area (Å²) in [6, 6.07) is 0. The van der Waals surface area contributed by atoms with E-state index in [1.165, 1.54) is 6.42 Å². The molecule has 5 rings (SSSR count). The molecule has 0 unspecified atom stereocenters. The molecule has 3 aromatic heterocycles. The number of anilines is 2. The SMILES string of the molecule is CCn1ncc2c(Nc3nccnn3)c(C3=CC4(CCC4)ON3)cnc21. The number of hydroxylamine groups is 1. The molecule has 26 heavy (non-hydrogen) atoms. The van der Waals surface area contributed by atoms with Gasteiger partial charge in [0.1, 0.15) is 5.60 Å². The molecule has 0 bridgehead atoms. The molecule has 132 valence electrons. The van der Waals surface area contributed by atoms with E-state index in [2.05, 4.69) is 42.1 Å². The fourth-order valence-corrected chi connectivity index (χ4v) is 3.40. The van der Waals surface area contributed by atoms with Crippen molar-refractivity contribution >= 4 is 28.4 Å². The van der Waals surface area contributed by atoms with E-state index in [1.807, 2.05) is 24.0 Å². The van der Waals surface area contributed by atoms with Crippen LogP contribution in [-0.4, -0.2) is 35.5 Å². The van der Waals surface area contributed by atoms with Gasteiger partial charge in [-0.3, -0.25) is 10.3 Å². The van der Waals surface area contributed by atoms with Crippen LogP contribution in [0.3, 0.4) is 0 Å². The summed E-state index contributed by atoms with van der Waals surface area (Å²) in [5.74, 6) is 0.420. The zero-order chi connectivity index (χ0) is 17.6. The largest absolute Gasteiger partial charge is 0.321 e. The Morgan fingerprint density at radius 2 is 2.19 bits per heavy atom. The van der Waals surface area contributed by atoms with Crippen LogP contribution < -0.4 is 10.8 Å². The number of hydrogen-bond donors (Lipinski definition) is 2. The first-order chi connectivity index (χ1) is 12.8. The second kappa shape index (κ2) is 5.73. The average molecular weight is 350 g/mol. The Kier molecular flexibility index (Phi) is 3.35. The van der Waals surface area contributed by atoms with Crippen molar-refractivity contribution in [1.82, 2.24) is 35.4 Å². The Balaban J connectivity index is 1.65. The Bertz CT molecular complexity index is 993. The Hall–Kier alpha value is -3.07. The summed E-state index contributed by atoms with van der Waals surface area (Å²) in [6.45, 7) is 2.78. The highest BCUT2D eigenvalue weighted by Gasteiger charge is 2.41. The fraction of sp³-hybridized carbons (Fsp3) is 0.353. The predicted octanol–water partition coefficient (Wildman–Crippen LogP) is 2.18. The van der Waals surface area contributed by atoms with Gasteiger partial charge in [0.2, 0.25) is 5.95 Å². The minimum atomic E-state index is -0.181. The lowest BCUT2D eigenvalue weighted by molar-refractivity contribution is -0.0821. The van der Waals surface area contributed by atoms with Crippen LogP contribution in [0.4, 0.5) is 11.6 Å². The molecule has 1 spiro atoms. The number of hydrogen-bond acceptors (Lipinski definition) is 8. The van der Waals surface area contributed by atoms with Crippen molar-refractivity contribution in [2.75, 3.05) is 5.32 Å². The van der Waals surface area contributed by atoms with Gasteiger partial charge >= 0.3 is 0 Å². The zero-order valence-electron chi connectivity index (χ0n) is 14.3. The van der Waals surface area contributed by atoms with E-state index in [-0.39, 0.29) is 5.60 Å². The second-order valence-electron chi connectivity index (χ2n) is 6.52. The molecule has 2 aliphatic rings. The number of pyridine rings is 1. The first-order valence-electron chi connectivity index (χ1n) is 8.70. The lowest BCUT2D eigenvalue weighted by atomic mass is 9.80. The van der Waals surface area contributed by atoms with Crippen LogP contribution in [0, 0.1) is 0 Å². The van der Waals surface area contributed by atoms with E-state index in [9.17, 15) is 0 Å². The Morgan fingerprint density at radius 1 is 1.27 bits per heavy atom. The normalized spacial score (nSPS) is 17.8. The maximum atomic E-state index is 5.82. The third-order valence-corrected chi connectivity index (χ3v) is 4.95. The maximum absolute atomic E-state index is 5.82. The van der Waals surface area contributed by atoms with Gasteiger partial charge in [0.15, 0.2) is 5.65 Å². The van der Waals surface area contributed by atoms with Crippen LogP contribution in [0.1, 0.15) is 31.7 Å². The van der Waals surface area contributed by atoms with Gasteiger partial charge in [-0.25, -0.2) is 14.6 Å². The summed E-state index contributed by atoms with van der Waals surface area (Å²) < 4.78 is 1.86. The van der Waals surface area contributed by atoms with E-state index >= 15 is 0 Å². The number of rotatable bonds is 4. The Morgan fingerprint density at radius 3 is 2.88 bits per heavy atom. The molecule has 0 saturated heterocycles. The standard InChI is InChI=1S/C17H18N8O/c1-2-25-15-12(10-21-25)14(22-16-18-6-7-20-23-16)11(9-19-15)13-8-17(26-24-13)4-3-5-17/h6-10,24H,2-5H2,1H3,(H,18,19,22,23). The van der Waals surface area contributed by atoms with Gasteiger partial charge in [-0.05, 0) is 32.3 Å². The first kappa shape index (κ1) is 15.2. The number of aromatic nitrogens is 6. The lowest BCUT2D eigenvalue weighted by Crippen LogP contribution is -2.36. The van der Waals surface area contributed by atoms with Crippen molar-refractivity contribution in [2.45, 2.75) is 38.3 Å². The van der Waals surface area contributed by atoms with E-state index in [1.54, 1.807) is 12.4 Å². The molecule has 9 nitrogen and oxygen atoms in total. The smallest absolute Gasteiger partial charge is 0.247 e. The summed E-state index contributed by atoms with van der Waals surface area (Å²) in [5, 5.41) is 16.5. The van der Waals surface area contributed by atoms with E-state index < -0.39 is 0 Å².